The van der Waals surface area contributed by atoms with Crippen molar-refractivity contribution < 1.29 is 20.1 Å². The van der Waals surface area contributed by atoms with Crippen LogP contribution in [0.5, 0.6) is 0 Å². The summed E-state index contributed by atoms with van der Waals surface area (Å²) in [6.07, 6.45) is 7.12. The third-order valence-corrected chi connectivity index (χ3v) is 9.11. The Morgan fingerprint density at radius 2 is 1.80 bits per heavy atom. The topological polar surface area (TPSA) is 77.8 Å². The smallest absolute Gasteiger partial charge is 0.161 e. The average Bonchev–Trinajstić information content (AvgIpc) is 2.91. The van der Waals surface area contributed by atoms with Gasteiger partial charge in [0.15, 0.2) is 5.78 Å². The predicted octanol–water partition coefficient (Wildman–Crippen LogP) is 2.54. The summed E-state index contributed by atoms with van der Waals surface area (Å²) >= 11 is 0. The van der Waals surface area contributed by atoms with Crippen LogP contribution in [0.25, 0.3) is 0 Å². The monoisotopic (exact) mass is 350 g/mol. The van der Waals surface area contributed by atoms with Gasteiger partial charge in [-0.15, -0.1) is 0 Å². The zero-order chi connectivity index (χ0) is 18.0. The Balaban J connectivity index is 1.65. The average molecular weight is 350 g/mol. The molecule has 142 valence electrons. The van der Waals surface area contributed by atoms with Crippen LogP contribution < -0.4 is 0 Å². The first-order valence-corrected chi connectivity index (χ1v) is 10.3. The number of fused-ring (bicyclic) bond motifs is 5. The largest absolute Gasteiger partial charge is 0.393 e. The van der Waals surface area contributed by atoms with E-state index in [1.807, 2.05) is 0 Å². The van der Waals surface area contributed by atoms with Gasteiger partial charge in [-0.3, -0.25) is 4.79 Å². The molecule has 0 aliphatic heterocycles. The van der Waals surface area contributed by atoms with Gasteiger partial charge in [0.25, 0.3) is 0 Å². The number of hydrogen-bond donors (Lipinski definition) is 3. The second-order valence-corrected chi connectivity index (χ2v) is 10.0. The third-order valence-electron chi connectivity index (χ3n) is 9.11. The molecule has 0 radical (unpaired) electrons. The van der Waals surface area contributed by atoms with E-state index in [1.54, 1.807) is 0 Å². The Labute approximate surface area is 151 Å². The third kappa shape index (κ3) is 2.47. The van der Waals surface area contributed by atoms with E-state index in [-0.39, 0.29) is 41.3 Å². The van der Waals surface area contributed by atoms with Gasteiger partial charge in [-0.05, 0) is 85.9 Å². The van der Waals surface area contributed by atoms with Gasteiger partial charge in [0, 0.05) is 5.92 Å². The number of aliphatic hydroxyl groups excluding tert-OH is 3. The van der Waals surface area contributed by atoms with E-state index in [9.17, 15) is 20.1 Å². The lowest BCUT2D eigenvalue weighted by Crippen LogP contribution is -2.59. The number of ketones is 1. The van der Waals surface area contributed by atoms with Crippen molar-refractivity contribution in [3.05, 3.63) is 0 Å². The van der Waals surface area contributed by atoms with Gasteiger partial charge in [-0.2, -0.15) is 0 Å². The molecule has 0 aromatic carbocycles. The zero-order valence-corrected chi connectivity index (χ0v) is 15.7. The maximum atomic E-state index is 12.3. The molecule has 4 nitrogen and oxygen atoms in total. The summed E-state index contributed by atoms with van der Waals surface area (Å²) < 4.78 is 0. The predicted molar refractivity (Wildman–Crippen MR) is 94.7 cm³/mol. The van der Waals surface area contributed by atoms with Gasteiger partial charge in [0.05, 0.1) is 12.2 Å². The summed E-state index contributed by atoms with van der Waals surface area (Å²) in [4.78, 5) is 12.3. The van der Waals surface area contributed by atoms with Crippen LogP contribution in [0.1, 0.15) is 65.2 Å². The Bertz CT molecular complexity index is 548. The molecule has 0 bridgehead atoms. The SMILES string of the molecule is C[C@]12C[C@H](O)C3[C@@H](CC[C@H]4C[C@H](O)CC[C@]34C)[C@@H]1CC[C@@H]2C(=O)CO. The summed E-state index contributed by atoms with van der Waals surface area (Å²) in [7, 11) is 0. The second kappa shape index (κ2) is 6.03. The van der Waals surface area contributed by atoms with Gasteiger partial charge < -0.3 is 15.3 Å². The van der Waals surface area contributed by atoms with Gasteiger partial charge in [0.2, 0.25) is 0 Å². The van der Waals surface area contributed by atoms with E-state index >= 15 is 0 Å². The zero-order valence-electron chi connectivity index (χ0n) is 15.7. The highest BCUT2D eigenvalue weighted by molar-refractivity contribution is 5.83. The second-order valence-electron chi connectivity index (χ2n) is 10.0. The molecule has 0 saturated heterocycles. The van der Waals surface area contributed by atoms with Crippen LogP contribution in [0, 0.1) is 40.4 Å². The molecule has 4 heteroatoms. The van der Waals surface area contributed by atoms with E-state index in [0.717, 1.165) is 44.9 Å². The summed E-state index contributed by atoms with van der Waals surface area (Å²) in [5.41, 5.74) is -0.0280. The van der Waals surface area contributed by atoms with Crippen molar-refractivity contribution in [1.29, 1.82) is 0 Å². The molecule has 4 aliphatic rings. The van der Waals surface area contributed by atoms with Crippen molar-refractivity contribution in [2.24, 2.45) is 40.4 Å². The normalized spacial score (nSPS) is 55.2. The number of hydrogen-bond acceptors (Lipinski definition) is 4. The van der Waals surface area contributed by atoms with Crippen LogP contribution >= 0.6 is 0 Å². The molecule has 3 N–H and O–H groups in total. The van der Waals surface area contributed by atoms with Crippen LogP contribution in [-0.4, -0.2) is 39.9 Å². The van der Waals surface area contributed by atoms with Crippen molar-refractivity contribution in [3.63, 3.8) is 0 Å². The minimum atomic E-state index is -0.366. The molecule has 0 aromatic rings. The number of rotatable bonds is 2. The van der Waals surface area contributed by atoms with Crippen LogP contribution in [0.2, 0.25) is 0 Å². The first-order valence-electron chi connectivity index (χ1n) is 10.3. The van der Waals surface area contributed by atoms with Crippen LogP contribution in [0.4, 0.5) is 0 Å². The van der Waals surface area contributed by atoms with Crippen molar-refractivity contribution in [1.82, 2.24) is 0 Å². The lowest BCUT2D eigenvalue weighted by Gasteiger charge is -2.62. The highest BCUT2D eigenvalue weighted by atomic mass is 16.3. The van der Waals surface area contributed by atoms with Crippen LogP contribution in [0.15, 0.2) is 0 Å². The van der Waals surface area contributed by atoms with Gasteiger partial charge >= 0.3 is 0 Å². The fourth-order valence-corrected chi connectivity index (χ4v) is 8.00. The molecule has 0 spiro atoms. The molecule has 4 saturated carbocycles. The lowest BCUT2D eigenvalue weighted by molar-refractivity contribution is -0.179. The quantitative estimate of drug-likeness (QED) is 0.715. The minimum absolute atomic E-state index is 0.0312. The number of aliphatic hydroxyl groups is 3. The first-order chi connectivity index (χ1) is 11.8. The summed E-state index contributed by atoms with van der Waals surface area (Å²) in [5.74, 6) is 1.69. The molecule has 0 amide bonds. The van der Waals surface area contributed by atoms with Gasteiger partial charge in [-0.1, -0.05) is 13.8 Å². The molecule has 4 fully saturated rings. The molecule has 0 heterocycles. The van der Waals surface area contributed by atoms with E-state index < -0.39 is 0 Å². The van der Waals surface area contributed by atoms with Crippen molar-refractivity contribution in [2.45, 2.75) is 77.4 Å². The molecule has 9 atom stereocenters. The molecular weight excluding hydrogens is 316 g/mol. The Hall–Kier alpha value is -0.450. The first kappa shape index (κ1) is 17.9. The molecule has 0 aromatic heterocycles. The molecular formula is C21H34O4. The Kier molecular flexibility index (Phi) is 4.33. The minimum Gasteiger partial charge on any atom is -0.393 e. The summed E-state index contributed by atoms with van der Waals surface area (Å²) in [5, 5.41) is 30.7. The Morgan fingerprint density at radius 3 is 2.52 bits per heavy atom. The number of carbonyl (C=O) groups is 1. The Morgan fingerprint density at radius 1 is 1.04 bits per heavy atom. The molecule has 4 aliphatic carbocycles. The molecule has 25 heavy (non-hydrogen) atoms. The number of Topliss-reactive ketones (excluding diaryl/α,β-unsaturated/α-hetero) is 1. The summed E-state index contributed by atoms with van der Waals surface area (Å²) in [6, 6.07) is 0. The van der Waals surface area contributed by atoms with E-state index in [4.69, 9.17) is 0 Å². The van der Waals surface area contributed by atoms with Crippen molar-refractivity contribution in [3.8, 4) is 0 Å². The molecule has 4 rings (SSSR count). The van der Waals surface area contributed by atoms with E-state index in [2.05, 4.69) is 13.8 Å². The van der Waals surface area contributed by atoms with E-state index in [1.165, 1.54) is 0 Å². The maximum absolute atomic E-state index is 12.3. The van der Waals surface area contributed by atoms with Gasteiger partial charge in [0.1, 0.15) is 6.61 Å². The lowest BCUT2D eigenvalue weighted by atomic mass is 9.44. The summed E-state index contributed by atoms with van der Waals surface area (Å²) in [6.45, 7) is 4.19. The van der Waals surface area contributed by atoms with Crippen molar-refractivity contribution >= 4 is 5.78 Å². The number of carbonyl (C=O) groups excluding carboxylic acids is 1. The highest BCUT2D eigenvalue weighted by Crippen LogP contribution is 2.67. The fourth-order valence-electron chi connectivity index (χ4n) is 8.00. The van der Waals surface area contributed by atoms with Crippen LogP contribution in [-0.2, 0) is 4.79 Å². The maximum Gasteiger partial charge on any atom is 0.161 e. The van der Waals surface area contributed by atoms with Crippen LogP contribution in [0.3, 0.4) is 0 Å². The van der Waals surface area contributed by atoms with Gasteiger partial charge in [-0.25, -0.2) is 0 Å². The standard InChI is InChI=1S/C21H34O4/c1-20-8-7-13(23)9-12(20)3-4-14-15-5-6-16(18(25)11-22)21(15,2)10-17(24)19(14)20/h12-17,19,22-24H,3-11H2,1-2H3/t12-,13+,14-,15-,16+,17-,19?,20-,21-/m0/s1. The van der Waals surface area contributed by atoms with E-state index in [0.29, 0.717) is 30.1 Å². The fraction of sp³-hybridized carbons (Fsp3) is 0.952. The van der Waals surface area contributed by atoms with Crippen molar-refractivity contribution in [2.75, 3.05) is 6.61 Å². The highest BCUT2D eigenvalue weighted by Gasteiger charge is 2.63. The molecule has 1 unspecified atom stereocenters.